The highest BCUT2D eigenvalue weighted by Crippen LogP contribution is 2.34. The summed E-state index contributed by atoms with van der Waals surface area (Å²) in [6.45, 7) is 7.79. The second-order valence-electron chi connectivity index (χ2n) is 8.45. The maximum Gasteiger partial charge on any atom is 0.0679 e. The lowest BCUT2D eigenvalue weighted by Gasteiger charge is -2.30. The van der Waals surface area contributed by atoms with Crippen molar-refractivity contribution >= 4 is 5.71 Å². The van der Waals surface area contributed by atoms with Gasteiger partial charge in [-0.3, -0.25) is 9.98 Å². The fourth-order valence-electron chi connectivity index (χ4n) is 3.68. The number of hydrogen-bond donors (Lipinski definition) is 1. The van der Waals surface area contributed by atoms with Gasteiger partial charge in [0.15, 0.2) is 0 Å². The second-order valence-corrected chi connectivity index (χ2v) is 8.45. The number of aliphatic imine (C=N–C) groups is 1. The quantitative estimate of drug-likeness (QED) is 0.799. The first-order chi connectivity index (χ1) is 13.0. The Labute approximate surface area is 161 Å². The first-order valence-corrected chi connectivity index (χ1v) is 10.1. The van der Waals surface area contributed by atoms with E-state index < -0.39 is 0 Å². The van der Waals surface area contributed by atoms with Crippen LogP contribution in [0.5, 0.6) is 0 Å². The maximum atomic E-state index is 4.81. The minimum atomic E-state index is -0.0138. The van der Waals surface area contributed by atoms with E-state index in [2.05, 4.69) is 48.4 Å². The number of rotatable bonds is 7. The predicted molar refractivity (Wildman–Crippen MR) is 109 cm³/mol. The van der Waals surface area contributed by atoms with Crippen molar-refractivity contribution in [1.29, 1.82) is 0 Å². The van der Waals surface area contributed by atoms with E-state index in [1.54, 1.807) is 0 Å². The Bertz CT molecular complexity index is 870. The maximum absolute atomic E-state index is 4.81. The van der Waals surface area contributed by atoms with Crippen LogP contribution in [0.3, 0.4) is 0 Å². The topological polar surface area (TPSA) is 55.1 Å². The van der Waals surface area contributed by atoms with Crippen LogP contribution >= 0.6 is 0 Å². The molecule has 0 spiro atoms. The monoisotopic (exact) mass is 363 g/mol. The molecule has 0 unspecified atom stereocenters. The van der Waals surface area contributed by atoms with Gasteiger partial charge in [0, 0.05) is 47.5 Å². The summed E-state index contributed by atoms with van der Waals surface area (Å²) in [4.78, 5) is 9.25. The normalized spacial score (nSPS) is 18.8. The van der Waals surface area contributed by atoms with Crippen LogP contribution in [0.15, 0.2) is 47.6 Å². The summed E-state index contributed by atoms with van der Waals surface area (Å²) in [7, 11) is 0. The third kappa shape index (κ3) is 4.12. The first-order valence-electron chi connectivity index (χ1n) is 10.1. The summed E-state index contributed by atoms with van der Waals surface area (Å²) >= 11 is 0. The van der Waals surface area contributed by atoms with Gasteiger partial charge in [0.2, 0.25) is 0 Å². The van der Waals surface area contributed by atoms with Crippen LogP contribution in [0.1, 0.15) is 57.7 Å². The van der Waals surface area contributed by atoms with Gasteiger partial charge in [0.25, 0.3) is 0 Å². The van der Waals surface area contributed by atoms with Crippen molar-refractivity contribution < 1.29 is 0 Å². The number of hydrogen-bond acceptors (Lipinski definition) is 4. The standard InChI is InChI=1S/C22H29N5/c1-4-5-18-10-20(8-9-23-18)27-15-17(13-26-27)21-22(2,3)11-19(14-25-21)24-12-16-6-7-16/h8-10,13-16,24H,4-7,11-12H2,1-3H3. The molecule has 0 atom stereocenters. The summed E-state index contributed by atoms with van der Waals surface area (Å²) in [6, 6.07) is 4.12. The number of allylic oxidation sites excluding steroid dienone is 1. The summed E-state index contributed by atoms with van der Waals surface area (Å²) in [5, 5.41) is 8.17. The summed E-state index contributed by atoms with van der Waals surface area (Å²) in [5.41, 5.74) is 5.59. The molecule has 1 N–H and O–H groups in total. The van der Waals surface area contributed by atoms with Crippen LogP contribution in [-0.2, 0) is 6.42 Å². The van der Waals surface area contributed by atoms with E-state index in [4.69, 9.17) is 4.99 Å². The van der Waals surface area contributed by atoms with Gasteiger partial charge in [-0.15, -0.1) is 0 Å². The zero-order valence-corrected chi connectivity index (χ0v) is 16.6. The number of pyridine rings is 1. The number of nitrogens with zero attached hydrogens (tertiary/aromatic N) is 4. The van der Waals surface area contributed by atoms with E-state index in [0.29, 0.717) is 0 Å². The van der Waals surface area contributed by atoms with Gasteiger partial charge in [0.1, 0.15) is 0 Å². The minimum absolute atomic E-state index is 0.0138. The molecule has 3 heterocycles. The average molecular weight is 364 g/mol. The molecular weight excluding hydrogens is 334 g/mol. The van der Waals surface area contributed by atoms with E-state index in [-0.39, 0.29) is 5.41 Å². The Morgan fingerprint density at radius 1 is 1.30 bits per heavy atom. The average Bonchev–Trinajstić information content (AvgIpc) is 3.35. The predicted octanol–water partition coefficient (Wildman–Crippen LogP) is 4.28. The fourth-order valence-corrected chi connectivity index (χ4v) is 3.68. The Hall–Kier alpha value is -2.43. The first kappa shape index (κ1) is 18.0. The van der Waals surface area contributed by atoms with Crippen molar-refractivity contribution in [2.75, 3.05) is 6.54 Å². The molecule has 2 aromatic rings. The molecule has 4 rings (SSSR count). The lowest BCUT2D eigenvalue weighted by molar-refractivity contribution is 0.485. The number of nitrogens with one attached hydrogen (secondary N) is 1. The zero-order chi connectivity index (χ0) is 18.9. The minimum Gasteiger partial charge on any atom is -0.387 e. The number of aromatic nitrogens is 3. The number of aryl methyl sites for hydroxylation is 1. The Morgan fingerprint density at radius 2 is 2.15 bits per heavy atom. The van der Waals surface area contributed by atoms with Gasteiger partial charge in [0.05, 0.1) is 17.6 Å². The smallest absolute Gasteiger partial charge is 0.0679 e. The molecule has 5 heteroatoms. The van der Waals surface area contributed by atoms with Crippen LogP contribution in [-0.4, -0.2) is 27.0 Å². The largest absolute Gasteiger partial charge is 0.387 e. The van der Waals surface area contributed by atoms with Crippen molar-refractivity contribution in [3.8, 4) is 5.69 Å². The molecular formula is C22H29N5. The van der Waals surface area contributed by atoms with Crippen molar-refractivity contribution in [2.24, 2.45) is 16.3 Å². The van der Waals surface area contributed by atoms with Crippen LogP contribution < -0.4 is 5.32 Å². The van der Waals surface area contributed by atoms with Gasteiger partial charge >= 0.3 is 0 Å². The molecule has 142 valence electrons. The van der Waals surface area contributed by atoms with Crippen LogP contribution in [0, 0.1) is 11.3 Å². The van der Waals surface area contributed by atoms with Gasteiger partial charge in [-0.1, -0.05) is 27.2 Å². The molecule has 0 saturated heterocycles. The van der Waals surface area contributed by atoms with Gasteiger partial charge in [-0.25, -0.2) is 4.68 Å². The molecule has 2 aliphatic rings. The van der Waals surface area contributed by atoms with Crippen LogP contribution in [0.4, 0.5) is 0 Å². The Balaban J connectivity index is 1.55. The van der Waals surface area contributed by atoms with E-state index in [1.165, 1.54) is 18.5 Å². The molecule has 2 aromatic heterocycles. The second kappa shape index (κ2) is 7.29. The van der Waals surface area contributed by atoms with E-state index in [9.17, 15) is 0 Å². The van der Waals surface area contributed by atoms with Crippen molar-refractivity contribution in [1.82, 2.24) is 20.1 Å². The summed E-state index contributed by atoms with van der Waals surface area (Å²) < 4.78 is 1.93. The molecule has 0 radical (unpaired) electrons. The van der Waals surface area contributed by atoms with Gasteiger partial charge < -0.3 is 5.32 Å². The highest BCUT2D eigenvalue weighted by molar-refractivity contribution is 6.05. The van der Waals surface area contributed by atoms with Gasteiger partial charge in [-0.05, 0) is 43.7 Å². The van der Waals surface area contributed by atoms with Crippen molar-refractivity contribution in [2.45, 2.75) is 52.9 Å². The molecule has 0 aromatic carbocycles. The molecule has 1 fully saturated rings. The molecule has 1 aliphatic heterocycles. The van der Waals surface area contributed by atoms with Crippen molar-refractivity contribution in [3.63, 3.8) is 0 Å². The Morgan fingerprint density at radius 3 is 2.89 bits per heavy atom. The lowest BCUT2D eigenvalue weighted by atomic mass is 9.79. The van der Waals surface area contributed by atoms with E-state index in [0.717, 1.165) is 54.4 Å². The highest BCUT2D eigenvalue weighted by atomic mass is 15.3. The lowest BCUT2D eigenvalue weighted by Crippen LogP contribution is -2.32. The zero-order valence-electron chi connectivity index (χ0n) is 16.6. The third-order valence-corrected chi connectivity index (χ3v) is 5.36. The molecule has 5 nitrogen and oxygen atoms in total. The van der Waals surface area contributed by atoms with E-state index >= 15 is 0 Å². The molecule has 1 aliphatic carbocycles. The third-order valence-electron chi connectivity index (χ3n) is 5.36. The fraction of sp³-hybridized carbons (Fsp3) is 0.500. The Kier molecular flexibility index (Phi) is 4.85. The molecule has 1 saturated carbocycles. The highest BCUT2D eigenvalue weighted by Gasteiger charge is 2.31. The van der Waals surface area contributed by atoms with Crippen LogP contribution in [0.2, 0.25) is 0 Å². The van der Waals surface area contributed by atoms with E-state index in [1.807, 2.05) is 29.3 Å². The molecule has 27 heavy (non-hydrogen) atoms. The summed E-state index contributed by atoms with van der Waals surface area (Å²) in [5.74, 6) is 0.871. The van der Waals surface area contributed by atoms with Crippen molar-refractivity contribution in [3.05, 3.63) is 53.9 Å². The molecule has 0 amide bonds. The molecule has 0 bridgehead atoms. The van der Waals surface area contributed by atoms with Crippen LogP contribution in [0.25, 0.3) is 5.69 Å². The SMILES string of the molecule is CCCc1cc(-n2cc(C3=NC=C(NCC4CC4)CC3(C)C)cn2)ccn1. The van der Waals surface area contributed by atoms with Gasteiger partial charge in [-0.2, -0.15) is 5.10 Å². The summed E-state index contributed by atoms with van der Waals surface area (Å²) in [6.07, 6.45) is 13.7.